The highest BCUT2D eigenvalue weighted by Crippen LogP contribution is 2.16. The summed E-state index contributed by atoms with van der Waals surface area (Å²) in [4.78, 5) is 2.01. The van der Waals surface area contributed by atoms with Crippen LogP contribution in [0.15, 0.2) is 98.1 Å². The lowest BCUT2D eigenvalue weighted by molar-refractivity contribution is 0.638. The maximum atomic E-state index is 7.12. The van der Waals surface area contributed by atoms with Crippen LogP contribution in [-0.2, 0) is 0 Å². The van der Waals surface area contributed by atoms with Crippen LogP contribution in [0, 0.1) is 5.41 Å². The van der Waals surface area contributed by atoms with Crippen LogP contribution < -0.4 is 11.5 Å². The quantitative estimate of drug-likeness (QED) is 0.257. The Labute approximate surface area is 185 Å². The van der Waals surface area contributed by atoms with E-state index in [1.807, 2.05) is 61.5 Å². The van der Waals surface area contributed by atoms with Crippen molar-refractivity contribution in [3.05, 3.63) is 98.1 Å². The molecule has 0 bridgehead atoms. The van der Waals surface area contributed by atoms with Crippen molar-refractivity contribution in [2.45, 2.75) is 52.5 Å². The SMILES string of the molecule is C=C/C(=C\CCC(N)C=N)N1/C=C\C=C/C(=C)C(=C)C/C=C\1.C=CCC.CC.CN. The van der Waals surface area contributed by atoms with E-state index in [2.05, 4.69) is 51.1 Å². The molecule has 0 aliphatic carbocycles. The molecule has 0 aromatic carbocycles. The van der Waals surface area contributed by atoms with Crippen molar-refractivity contribution in [3.63, 3.8) is 0 Å². The van der Waals surface area contributed by atoms with Crippen molar-refractivity contribution in [1.82, 2.24) is 4.90 Å². The number of nitrogens with zero attached hydrogens (tertiary/aromatic N) is 1. The van der Waals surface area contributed by atoms with E-state index in [9.17, 15) is 0 Å². The first-order valence-electron chi connectivity index (χ1n) is 10.4. The lowest BCUT2D eigenvalue weighted by atomic mass is 10.1. The third-order valence-electron chi connectivity index (χ3n) is 3.60. The predicted molar refractivity (Wildman–Crippen MR) is 138 cm³/mol. The molecule has 0 radical (unpaired) electrons. The molecule has 1 aliphatic rings. The molecule has 0 aromatic heterocycles. The normalized spacial score (nSPS) is 17.3. The molecule has 5 N–H and O–H groups in total. The Morgan fingerprint density at radius 1 is 1.20 bits per heavy atom. The highest BCUT2D eigenvalue weighted by atomic mass is 15.1. The number of allylic oxidation sites excluding steroid dienone is 9. The van der Waals surface area contributed by atoms with E-state index in [0.717, 1.165) is 42.5 Å². The van der Waals surface area contributed by atoms with E-state index in [1.54, 1.807) is 0 Å². The Bertz CT molecular complexity index is 607. The van der Waals surface area contributed by atoms with Crippen molar-refractivity contribution in [2.75, 3.05) is 7.05 Å². The molecular formula is C26H44N4. The maximum Gasteiger partial charge on any atom is 0.0403 e. The standard InChI is InChI=1S/C19H25N3.C4H8.C2H6.CH5N/c1-4-19(12-7-11-18(21)15-20)22-13-6-5-9-16(2)17(3)10-8-14-22;1-3-4-2;2*1-2/h4-6,8-9,12-15,18,20H,1-3,7,10-11,21H2;3H,1,4H2,2H3;1-2H3;2H2,1H3/b9-5-,13-6-,14-8-,19-12+,20-15?;;;. The van der Waals surface area contributed by atoms with E-state index in [0.29, 0.717) is 0 Å². The average Bonchev–Trinajstić information content (AvgIpc) is 2.80. The molecule has 1 heterocycles. The number of nitrogens with one attached hydrogen (secondary N) is 1. The largest absolute Gasteiger partial charge is 0.333 e. The van der Waals surface area contributed by atoms with Gasteiger partial charge in [-0.15, -0.1) is 6.58 Å². The van der Waals surface area contributed by atoms with Crippen LogP contribution in [0.25, 0.3) is 0 Å². The van der Waals surface area contributed by atoms with E-state index in [4.69, 9.17) is 11.1 Å². The summed E-state index contributed by atoms with van der Waals surface area (Å²) in [6.45, 7) is 21.4. The number of nitrogens with two attached hydrogens (primary N) is 2. The third kappa shape index (κ3) is 17.4. The topological polar surface area (TPSA) is 79.1 Å². The minimum atomic E-state index is -0.190. The first-order valence-corrected chi connectivity index (χ1v) is 10.4. The maximum absolute atomic E-state index is 7.12. The van der Waals surface area contributed by atoms with Crippen molar-refractivity contribution >= 4 is 6.21 Å². The van der Waals surface area contributed by atoms with Gasteiger partial charge in [0.1, 0.15) is 0 Å². The zero-order chi connectivity index (χ0) is 23.8. The van der Waals surface area contributed by atoms with Gasteiger partial charge in [0.2, 0.25) is 0 Å². The first kappa shape index (κ1) is 32.0. The monoisotopic (exact) mass is 412 g/mol. The lowest BCUT2D eigenvalue weighted by Crippen LogP contribution is -2.20. The van der Waals surface area contributed by atoms with E-state index < -0.39 is 0 Å². The van der Waals surface area contributed by atoms with Crippen molar-refractivity contribution in [1.29, 1.82) is 5.41 Å². The molecule has 0 aromatic rings. The smallest absolute Gasteiger partial charge is 0.0403 e. The highest BCUT2D eigenvalue weighted by Gasteiger charge is 2.02. The van der Waals surface area contributed by atoms with Gasteiger partial charge in [-0.2, -0.15) is 0 Å². The Hall–Kier alpha value is -2.69. The van der Waals surface area contributed by atoms with Gasteiger partial charge < -0.3 is 21.8 Å². The Balaban J connectivity index is -0.000000793. The molecule has 168 valence electrons. The first-order chi connectivity index (χ1) is 14.5. The van der Waals surface area contributed by atoms with Gasteiger partial charge in [0.15, 0.2) is 0 Å². The average molecular weight is 413 g/mol. The number of rotatable bonds is 7. The van der Waals surface area contributed by atoms with Gasteiger partial charge in [0.05, 0.1) is 0 Å². The van der Waals surface area contributed by atoms with Crippen LogP contribution in [0.2, 0.25) is 0 Å². The van der Waals surface area contributed by atoms with Crippen molar-refractivity contribution < 1.29 is 0 Å². The van der Waals surface area contributed by atoms with Crippen LogP contribution in [-0.4, -0.2) is 24.2 Å². The number of hydrogen-bond acceptors (Lipinski definition) is 4. The molecule has 30 heavy (non-hydrogen) atoms. The predicted octanol–water partition coefficient (Wildman–Crippen LogP) is 6.40. The second-order valence-corrected chi connectivity index (χ2v) is 5.76. The van der Waals surface area contributed by atoms with Crippen LogP contribution >= 0.6 is 0 Å². The van der Waals surface area contributed by atoms with E-state index in [1.165, 1.54) is 13.3 Å². The molecule has 0 saturated heterocycles. The molecule has 0 saturated carbocycles. The van der Waals surface area contributed by atoms with Crippen molar-refractivity contribution in [3.8, 4) is 0 Å². The fraction of sp³-hybridized carbons (Fsp3) is 0.346. The van der Waals surface area contributed by atoms with Gasteiger partial charge in [-0.25, -0.2) is 0 Å². The van der Waals surface area contributed by atoms with Crippen LogP contribution in [0.5, 0.6) is 0 Å². The molecule has 4 nitrogen and oxygen atoms in total. The molecule has 1 aliphatic heterocycles. The Kier molecular flexibility index (Phi) is 26.0. The lowest BCUT2D eigenvalue weighted by Gasteiger charge is -2.18. The molecule has 1 atom stereocenters. The molecule has 1 rings (SSSR count). The molecule has 0 spiro atoms. The Morgan fingerprint density at radius 2 is 1.80 bits per heavy atom. The zero-order valence-electron chi connectivity index (χ0n) is 19.6. The summed E-state index contributed by atoms with van der Waals surface area (Å²) in [7, 11) is 1.50. The van der Waals surface area contributed by atoms with Crippen LogP contribution in [0.1, 0.15) is 46.5 Å². The second-order valence-electron chi connectivity index (χ2n) is 5.76. The summed E-state index contributed by atoms with van der Waals surface area (Å²) in [5.74, 6) is 0. The summed E-state index contributed by atoms with van der Waals surface area (Å²) in [5, 5.41) is 7.12. The van der Waals surface area contributed by atoms with Gasteiger partial charge in [-0.05, 0) is 56.0 Å². The van der Waals surface area contributed by atoms with Gasteiger partial charge in [-0.1, -0.05) is 70.9 Å². The van der Waals surface area contributed by atoms with Crippen LogP contribution in [0.4, 0.5) is 0 Å². The fourth-order valence-corrected chi connectivity index (χ4v) is 1.89. The number of hydrogen-bond donors (Lipinski definition) is 3. The van der Waals surface area contributed by atoms with Gasteiger partial charge in [0, 0.05) is 30.4 Å². The van der Waals surface area contributed by atoms with Gasteiger partial charge >= 0.3 is 0 Å². The molecule has 1 unspecified atom stereocenters. The van der Waals surface area contributed by atoms with Crippen LogP contribution in [0.3, 0.4) is 0 Å². The van der Waals surface area contributed by atoms with Gasteiger partial charge in [0.25, 0.3) is 0 Å². The molecule has 4 heteroatoms. The molecule has 0 fully saturated rings. The summed E-state index contributed by atoms with van der Waals surface area (Å²) >= 11 is 0. The van der Waals surface area contributed by atoms with Crippen molar-refractivity contribution in [2.24, 2.45) is 11.5 Å². The van der Waals surface area contributed by atoms with Gasteiger partial charge in [-0.3, -0.25) is 0 Å². The summed E-state index contributed by atoms with van der Waals surface area (Å²) in [6.07, 6.45) is 22.3. The van der Waals surface area contributed by atoms with E-state index >= 15 is 0 Å². The third-order valence-corrected chi connectivity index (χ3v) is 3.60. The molecule has 0 amide bonds. The minimum absolute atomic E-state index is 0.190. The summed E-state index contributed by atoms with van der Waals surface area (Å²) < 4.78 is 0. The summed E-state index contributed by atoms with van der Waals surface area (Å²) in [5.41, 5.74) is 13.2. The highest BCUT2D eigenvalue weighted by molar-refractivity contribution is 5.60. The summed E-state index contributed by atoms with van der Waals surface area (Å²) in [6, 6.07) is -0.190. The molecular weight excluding hydrogens is 368 g/mol. The Morgan fingerprint density at radius 3 is 2.30 bits per heavy atom. The minimum Gasteiger partial charge on any atom is -0.333 e. The van der Waals surface area contributed by atoms with E-state index in [-0.39, 0.29) is 6.04 Å². The fourth-order valence-electron chi connectivity index (χ4n) is 1.89. The zero-order valence-corrected chi connectivity index (χ0v) is 19.6. The second kappa shape index (κ2) is 24.3.